The number of aryl methyl sites for hydroxylation is 1. The lowest BCUT2D eigenvalue weighted by molar-refractivity contribution is -0.0647. The number of β-amino-alcohol motifs (C(OH)–C–C–N with tert-alkyl or cyclic N) is 1. The van der Waals surface area contributed by atoms with Crippen LogP contribution in [0.2, 0.25) is 0 Å². The van der Waals surface area contributed by atoms with Crippen LogP contribution in [0.4, 0.5) is 4.39 Å². The van der Waals surface area contributed by atoms with Crippen molar-refractivity contribution in [2.24, 2.45) is 0 Å². The molecule has 1 aromatic heterocycles. The lowest BCUT2D eigenvalue weighted by atomic mass is 10.1. The van der Waals surface area contributed by atoms with Crippen LogP contribution >= 0.6 is 0 Å². The molecule has 0 aliphatic carbocycles. The van der Waals surface area contributed by atoms with E-state index in [4.69, 9.17) is 9.47 Å². The first-order chi connectivity index (χ1) is 11.5. The van der Waals surface area contributed by atoms with E-state index in [2.05, 4.69) is 15.1 Å². The van der Waals surface area contributed by atoms with E-state index >= 15 is 0 Å². The van der Waals surface area contributed by atoms with Crippen molar-refractivity contribution >= 4 is 0 Å². The molecule has 2 heterocycles. The quantitative estimate of drug-likeness (QED) is 0.866. The highest BCUT2D eigenvalue weighted by Crippen LogP contribution is 2.19. The van der Waals surface area contributed by atoms with Gasteiger partial charge in [0.15, 0.2) is 0 Å². The molecule has 1 aromatic carbocycles. The van der Waals surface area contributed by atoms with Gasteiger partial charge in [-0.1, -0.05) is 6.07 Å². The molecule has 1 saturated heterocycles. The van der Waals surface area contributed by atoms with Crippen LogP contribution in [0.15, 0.2) is 30.5 Å². The van der Waals surface area contributed by atoms with Crippen LogP contribution < -0.4 is 4.74 Å². The molecule has 2 N–H and O–H groups in total. The third-order valence-electron chi connectivity index (χ3n) is 4.07. The number of ether oxygens (including phenoxy) is 2. The minimum atomic E-state index is -1.15. The monoisotopic (exact) mass is 335 g/mol. The first kappa shape index (κ1) is 16.9. The number of aliphatic hydroxyl groups is 1. The third kappa shape index (κ3) is 4.31. The largest absolute Gasteiger partial charge is 0.490 e. The van der Waals surface area contributed by atoms with Gasteiger partial charge in [-0.25, -0.2) is 4.39 Å². The topological polar surface area (TPSA) is 70.6 Å². The van der Waals surface area contributed by atoms with E-state index in [1.54, 1.807) is 18.3 Å². The Morgan fingerprint density at radius 3 is 3.12 bits per heavy atom. The molecule has 1 fully saturated rings. The van der Waals surface area contributed by atoms with Gasteiger partial charge in [0.2, 0.25) is 0 Å². The van der Waals surface area contributed by atoms with Crippen molar-refractivity contribution in [3.63, 3.8) is 0 Å². The molecule has 0 bridgehead atoms. The maximum atomic E-state index is 13.2. The maximum Gasteiger partial charge on any atom is 0.134 e. The van der Waals surface area contributed by atoms with Crippen molar-refractivity contribution in [1.82, 2.24) is 15.1 Å². The van der Waals surface area contributed by atoms with Gasteiger partial charge >= 0.3 is 0 Å². The van der Waals surface area contributed by atoms with Gasteiger partial charge in [-0.15, -0.1) is 0 Å². The summed E-state index contributed by atoms with van der Waals surface area (Å²) in [5, 5.41) is 17.8. The molecule has 0 radical (unpaired) electrons. The zero-order valence-electron chi connectivity index (χ0n) is 13.7. The maximum absolute atomic E-state index is 13.2. The summed E-state index contributed by atoms with van der Waals surface area (Å²) >= 11 is 0. The van der Waals surface area contributed by atoms with E-state index in [9.17, 15) is 9.50 Å². The van der Waals surface area contributed by atoms with Gasteiger partial charge in [0.05, 0.1) is 19.4 Å². The molecule has 2 aromatic rings. The van der Waals surface area contributed by atoms with Gasteiger partial charge in [-0.3, -0.25) is 10.00 Å². The average molecular weight is 335 g/mol. The molecule has 6 nitrogen and oxygen atoms in total. The van der Waals surface area contributed by atoms with E-state index in [0.29, 0.717) is 32.0 Å². The summed E-state index contributed by atoms with van der Waals surface area (Å²) in [4.78, 5) is 2.11. The summed E-state index contributed by atoms with van der Waals surface area (Å²) in [5.74, 6) is 0.0265. The van der Waals surface area contributed by atoms with Crippen molar-refractivity contribution in [2.45, 2.75) is 19.1 Å². The normalized spacial score (nSPS) is 22.3. The highest BCUT2D eigenvalue weighted by Gasteiger charge is 2.33. The molecule has 24 heavy (non-hydrogen) atoms. The number of nitrogens with one attached hydrogen (secondary N) is 1. The molecule has 1 atom stereocenters. The van der Waals surface area contributed by atoms with Crippen LogP contribution in [0.3, 0.4) is 0 Å². The summed E-state index contributed by atoms with van der Waals surface area (Å²) in [6.07, 6.45) is 1.80. The first-order valence-corrected chi connectivity index (χ1v) is 7.94. The molecule has 1 unspecified atom stereocenters. The van der Waals surface area contributed by atoms with Crippen LogP contribution in [0.1, 0.15) is 11.3 Å². The van der Waals surface area contributed by atoms with Crippen molar-refractivity contribution in [1.29, 1.82) is 0 Å². The second kappa shape index (κ2) is 7.29. The fraction of sp³-hybridized carbons (Fsp3) is 0.471. The van der Waals surface area contributed by atoms with Crippen molar-refractivity contribution in [2.75, 3.05) is 32.9 Å². The summed E-state index contributed by atoms with van der Waals surface area (Å²) in [5.41, 5.74) is 0.950. The van der Waals surface area contributed by atoms with Gasteiger partial charge in [-0.2, -0.15) is 5.10 Å². The smallest absolute Gasteiger partial charge is 0.134 e. The van der Waals surface area contributed by atoms with Gasteiger partial charge in [0.25, 0.3) is 0 Å². The number of hydrogen-bond donors (Lipinski definition) is 2. The third-order valence-corrected chi connectivity index (χ3v) is 4.07. The first-order valence-electron chi connectivity index (χ1n) is 7.94. The molecule has 130 valence electrons. The molecular formula is C17H22FN3O3. The van der Waals surface area contributed by atoms with Crippen molar-refractivity contribution in [3.05, 3.63) is 47.5 Å². The lowest BCUT2D eigenvalue weighted by Crippen LogP contribution is -2.48. The highest BCUT2D eigenvalue weighted by atomic mass is 19.1. The van der Waals surface area contributed by atoms with E-state index < -0.39 is 5.60 Å². The van der Waals surface area contributed by atoms with Crippen molar-refractivity contribution in [3.8, 4) is 5.75 Å². The molecule has 3 rings (SSSR count). The van der Waals surface area contributed by atoms with Gasteiger partial charge in [0, 0.05) is 37.0 Å². The Morgan fingerprint density at radius 1 is 1.50 bits per heavy atom. The number of H-pyrrole nitrogens is 1. The Labute approximate surface area is 140 Å². The Kier molecular flexibility index (Phi) is 5.13. The van der Waals surface area contributed by atoms with Crippen LogP contribution in [-0.4, -0.2) is 58.7 Å². The summed E-state index contributed by atoms with van der Waals surface area (Å²) in [6, 6.07) is 5.89. The number of benzene rings is 1. The Balaban J connectivity index is 1.63. The zero-order chi connectivity index (χ0) is 17.0. The minimum absolute atomic E-state index is 0.0390. The molecule has 7 heteroatoms. The number of rotatable bonds is 5. The van der Waals surface area contributed by atoms with Crippen LogP contribution in [-0.2, 0) is 11.3 Å². The Hall–Kier alpha value is -1.96. The fourth-order valence-electron chi connectivity index (χ4n) is 2.77. The fourth-order valence-corrected chi connectivity index (χ4v) is 2.77. The van der Waals surface area contributed by atoms with E-state index in [1.165, 1.54) is 12.1 Å². The van der Waals surface area contributed by atoms with Crippen LogP contribution in [0.25, 0.3) is 0 Å². The zero-order valence-corrected chi connectivity index (χ0v) is 13.7. The van der Waals surface area contributed by atoms with Crippen molar-refractivity contribution < 1.29 is 19.0 Å². The average Bonchev–Trinajstić information content (AvgIpc) is 2.85. The predicted octanol–water partition coefficient (Wildman–Crippen LogP) is 1.50. The second-order valence-corrected chi connectivity index (χ2v) is 6.25. The number of hydrogen-bond acceptors (Lipinski definition) is 5. The lowest BCUT2D eigenvalue weighted by Gasteiger charge is -2.30. The summed E-state index contributed by atoms with van der Waals surface area (Å²) in [6.45, 7) is 4.53. The standard InChI is InChI=1S/C17H22FN3O3/c1-13-14(8-19-20-13)9-21-5-6-23-11-17(22,10-21)12-24-16-4-2-3-15(18)7-16/h2-4,7-8,22H,5-6,9-12H2,1H3,(H,19,20). The Morgan fingerprint density at radius 2 is 2.38 bits per heavy atom. The number of halogens is 1. The second-order valence-electron chi connectivity index (χ2n) is 6.25. The van der Waals surface area contributed by atoms with E-state index in [1.807, 2.05) is 6.92 Å². The number of aromatic amines is 1. The molecular weight excluding hydrogens is 313 g/mol. The van der Waals surface area contributed by atoms with Gasteiger partial charge in [-0.05, 0) is 19.1 Å². The molecule has 1 aliphatic rings. The predicted molar refractivity (Wildman–Crippen MR) is 86.3 cm³/mol. The van der Waals surface area contributed by atoms with Crippen LogP contribution in [0, 0.1) is 12.7 Å². The molecule has 0 spiro atoms. The molecule has 0 amide bonds. The van der Waals surface area contributed by atoms with E-state index in [-0.39, 0.29) is 19.0 Å². The highest BCUT2D eigenvalue weighted by molar-refractivity contribution is 5.22. The number of aromatic nitrogens is 2. The van der Waals surface area contributed by atoms with Crippen LogP contribution in [0.5, 0.6) is 5.75 Å². The number of nitrogens with zero attached hydrogens (tertiary/aromatic N) is 2. The Bertz CT molecular complexity index is 679. The van der Waals surface area contributed by atoms with E-state index in [0.717, 1.165) is 11.3 Å². The van der Waals surface area contributed by atoms with Gasteiger partial charge in [0.1, 0.15) is 23.8 Å². The summed E-state index contributed by atoms with van der Waals surface area (Å²) < 4.78 is 24.3. The minimum Gasteiger partial charge on any atom is -0.490 e. The summed E-state index contributed by atoms with van der Waals surface area (Å²) in [7, 11) is 0. The van der Waals surface area contributed by atoms with Gasteiger partial charge < -0.3 is 14.6 Å². The molecule has 0 saturated carbocycles. The SMILES string of the molecule is Cc1[nH]ncc1CN1CCOCC(O)(COc2cccc(F)c2)C1. The molecule has 1 aliphatic heterocycles.